The molecular formula is C21H21FN2O2. The SMILES string of the molecule is O=C(NCc1ccc(F)cc1)C1CC1C(=O)N1CCc2ccccc2C1. The molecule has 2 atom stereocenters. The molecule has 1 N–H and O–H groups in total. The van der Waals surface area contributed by atoms with Crippen LogP contribution in [0, 0.1) is 17.7 Å². The summed E-state index contributed by atoms with van der Waals surface area (Å²) in [5.41, 5.74) is 3.35. The van der Waals surface area contributed by atoms with E-state index in [-0.39, 0.29) is 29.5 Å². The Balaban J connectivity index is 1.30. The van der Waals surface area contributed by atoms with E-state index >= 15 is 0 Å². The van der Waals surface area contributed by atoms with Gasteiger partial charge < -0.3 is 10.2 Å². The molecule has 1 aliphatic heterocycles. The van der Waals surface area contributed by atoms with Gasteiger partial charge in [-0.2, -0.15) is 0 Å². The van der Waals surface area contributed by atoms with Crippen LogP contribution in [-0.2, 0) is 29.1 Å². The highest BCUT2D eigenvalue weighted by Crippen LogP contribution is 2.41. The van der Waals surface area contributed by atoms with Gasteiger partial charge in [0.25, 0.3) is 0 Å². The second-order valence-electron chi connectivity index (χ2n) is 7.07. The zero-order valence-corrected chi connectivity index (χ0v) is 14.5. The van der Waals surface area contributed by atoms with Gasteiger partial charge in [-0.05, 0) is 41.7 Å². The zero-order valence-electron chi connectivity index (χ0n) is 14.5. The average molecular weight is 352 g/mol. The van der Waals surface area contributed by atoms with E-state index in [1.807, 2.05) is 17.0 Å². The molecule has 1 saturated carbocycles. The summed E-state index contributed by atoms with van der Waals surface area (Å²) in [5, 5.41) is 2.85. The Morgan fingerprint density at radius 3 is 2.54 bits per heavy atom. The largest absolute Gasteiger partial charge is 0.352 e. The van der Waals surface area contributed by atoms with Gasteiger partial charge in [-0.25, -0.2) is 4.39 Å². The van der Waals surface area contributed by atoms with Crippen LogP contribution in [0.25, 0.3) is 0 Å². The fourth-order valence-electron chi connectivity index (χ4n) is 3.60. The van der Waals surface area contributed by atoms with E-state index in [0.717, 1.165) is 18.5 Å². The van der Waals surface area contributed by atoms with Crippen molar-refractivity contribution in [3.8, 4) is 0 Å². The summed E-state index contributed by atoms with van der Waals surface area (Å²) in [6, 6.07) is 14.2. The molecule has 0 spiro atoms. The minimum atomic E-state index is -0.295. The normalized spacial score (nSPS) is 21.0. The van der Waals surface area contributed by atoms with Crippen molar-refractivity contribution in [2.45, 2.75) is 25.9 Å². The quantitative estimate of drug-likeness (QED) is 0.920. The smallest absolute Gasteiger partial charge is 0.226 e. The van der Waals surface area contributed by atoms with Crippen molar-refractivity contribution in [2.24, 2.45) is 11.8 Å². The summed E-state index contributed by atoms with van der Waals surface area (Å²) in [7, 11) is 0. The lowest BCUT2D eigenvalue weighted by atomic mass is 9.99. The predicted octanol–water partition coefficient (Wildman–Crippen LogP) is 2.66. The highest BCUT2D eigenvalue weighted by atomic mass is 19.1. The molecule has 0 aromatic heterocycles. The molecular weight excluding hydrogens is 331 g/mol. The zero-order chi connectivity index (χ0) is 18.1. The maximum absolute atomic E-state index is 12.9. The Hall–Kier alpha value is -2.69. The van der Waals surface area contributed by atoms with E-state index in [0.29, 0.717) is 19.5 Å². The molecule has 26 heavy (non-hydrogen) atoms. The number of fused-ring (bicyclic) bond motifs is 1. The Morgan fingerprint density at radius 1 is 1.04 bits per heavy atom. The summed E-state index contributed by atoms with van der Waals surface area (Å²) < 4.78 is 12.9. The fraction of sp³-hybridized carbons (Fsp3) is 0.333. The summed E-state index contributed by atoms with van der Waals surface area (Å²) in [6.45, 7) is 1.71. The molecule has 134 valence electrons. The van der Waals surface area contributed by atoms with Crippen molar-refractivity contribution >= 4 is 11.8 Å². The molecule has 1 heterocycles. The van der Waals surface area contributed by atoms with E-state index < -0.39 is 0 Å². The van der Waals surface area contributed by atoms with E-state index in [4.69, 9.17) is 0 Å². The van der Waals surface area contributed by atoms with E-state index in [9.17, 15) is 14.0 Å². The van der Waals surface area contributed by atoms with Crippen molar-refractivity contribution in [1.29, 1.82) is 0 Å². The van der Waals surface area contributed by atoms with Crippen molar-refractivity contribution in [2.75, 3.05) is 6.54 Å². The van der Waals surface area contributed by atoms with Gasteiger partial charge in [-0.3, -0.25) is 9.59 Å². The lowest BCUT2D eigenvalue weighted by molar-refractivity contribution is -0.135. The summed E-state index contributed by atoms with van der Waals surface area (Å²) >= 11 is 0. The first-order chi connectivity index (χ1) is 12.6. The average Bonchev–Trinajstić information content (AvgIpc) is 3.47. The molecule has 2 amide bonds. The van der Waals surface area contributed by atoms with Gasteiger partial charge in [0.05, 0.1) is 11.8 Å². The maximum Gasteiger partial charge on any atom is 0.226 e. The second kappa shape index (κ2) is 6.90. The van der Waals surface area contributed by atoms with Gasteiger partial charge >= 0.3 is 0 Å². The summed E-state index contributed by atoms with van der Waals surface area (Å²) in [6.07, 6.45) is 1.49. The first kappa shape index (κ1) is 16.8. The number of rotatable bonds is 4. The van der Waals surface area contributed by atoms with E-state index in [1.165, 1.54) is 23.3 Å². The summed E-state index contributed by atoms with van der Waals surface area (Å²) in [4.78, 5) is 26.9. The number of nitrogens with zero attached hydrogens (tertiary/aromatic N) is 1. The number of hydrogen-bond acceptors (Lipinski definition) is 2. The minimum absolute atomic E-state index is 0.0847. The van der Waals surface area contributed by atoms with E-state index in [2.05, 4.69) is 17.4 Å². The highest BCUT2D eigenvalue weighted by Gasteiger charge is 2.49. The number of benzene rings is 2. The molecule has 2 aromatic rings. The molecule has 0 saturated heterocycles. The molecule has 2 unspecified atom stereocenters. The third-order valence-corrected chi connectivity index (χ3v) is 5.27. The van der Waals surface area contributed by atoms with Crippen molar-refractivity contribution in [3.05, 3.63) is 71.0 Å². The number of carbonyl (C=O) groups is 2. The molecule has 1 aliphatic carbocycles. The van der Waals surface area contributed by atoms with Crippen LogP contribution < -0.4 is 5.32 Å². The van der Waals surface area contributed by atoms with Gasteiger partial charge in [-0.1, -0.05) is 36.4 Å². The third-order valence-electron chi connectivity index (χ3n) is 5.27. The number of nitrogens with one attached hydrogen (secondary N) is 1. The Bertz CT molecular complexity index is 834. The number of carbonyl (C=O) groups excluding carboxylic acids is 2. The lowest BCUT2D eigenvalue weighted by Gasteiger charge is -2.29. The fourth-order valence-corrected chi connectivity index (χ4v) is 3.60. The van der Waals surface area contributed by atoms with Crippen molar-refractivity contribution < 1.29 is 14.0 Å². The van der Waals surface area contributed by atoms with Crippen LogP contribution >= 0.6 is 0 Å². The molecule has 2 aliphatic rings. The van der Waals surface area contributed by atoms with Gasteiger partial charge in [0, 0.05) is 19.6 Å². The summed E-state index contributed by atoms with van der Waals surface area (Å²) in [5.74, 6) is -0.740. The van der Waals surface area contributed by atoms with Crippen LogP contribution in [0.2, 0.25) is 0 Å². The Kier molecular flexibility index (Phi) is 4.45. The maximum atomic E-state index is 12.9. The van der Waals surface area contributed by atoms with Crippen LogP contribution in [0.4, 0.5) is 4.39 Å². The van der Waals surface area contributed by atoms with Crippen LogP contribution in [0.3, 0.4) is 0 Å². The van der Waals surface area contributed by atoms with Crippen LogP contribution in [0.15, 0.2) is 48.5 Å². The molecule has 2 aromatic carbocycles. The number of amides is 2. The minimum Gasteiger partial charge on any atom is -0.352 e. The van der Waals surface area contributed by atoms with Crippen LogP contribution in [-0.4, -0.2) is 23.3 Å². The monoisotopic (exact) mass is 352 g/mol. The molecule has 1 fully saturated rings. The number of halogens is 1. The Labute approximate surface area is 152 Å². The second-order valence-corrected chi connectivity index (χ2v) is 7.07. The van der Waals surface area contributed by atoms with Crippen molar-refractivity contribution in [3.63, 3.8) is 0 Å². The molecule has 0 radical (unpaired) electrons. The third kappa shape index (κ3) is 3.47. The lowest BCUT2D eigenvalue weighted by Crippen LogP contribution is -2.38. The molecule has 5 heteroatoms. The first-order valence-electron chi connectivity index (χ1n) is 8.99. The van der Waals surface area contributed by atoms with Gasteiger partial charge in [0.2, 0.25) is 11.8 Å². The van der Waals surface area contributed by atoms with Gasteiger partial charge in [0.15, 0.2) is 0 Å². The molecule has 4 rings (SSSR count). The first-order valence-corrected chi connectivity index (χ1v) is 8.99. The highest BCUT2D eigenvalue weighted by molar-refractivity contribution is 5.92. The predicted molar refractivity (Wildman–Crippen MR) is 95.4 cm³/mol. The van der Waals surface area contributed by atoms with Gasteiger partial charge in [-0.15, -0.1) is 0 Å². The molecule has 0 bridgehead atoms. The van der Waals surface area contributed by atoms with Gasteiger partial charge in [0.1, 0.15) is 5.82 Å². The van der Waals surface area contributed by atoms with Crippen molar-refractivity contribution in [1.82, 2.24) is 10.2 Å². The topological polar surface area (TPSA) is 49.4 Å². The standard InChI is InChI=1S/C21H21FN2O2/c22-17-7-5-14(6-8-17)12-23-20(25)18-11-19(18)21(26)24-10-9-15-3-1-2-4-16(15)13-24/h1-8,18-19H,9-13H2,(H,23,25). The van der Waals surface area contributed by atoms with Crippen LogP contribution in [0.5, 0.6) is 0 Å². The molecule has 4 nitrogen and oxygen atoms in total. The van der Waals surface area contributed by atoms with Crippen LogP contribution in [0.1, 0.15) is 23.1 Å². The van der Waals surface area contributed by atoms with E-state index in [1.54, 1.807) is 12.1 Å². The number of hydrogen-bond donors (Lipinski definition) is 1. The Morgan fingerprint density at radius 2 is 1.77 bits per heavy atom.